The monoisotopic (exact) mass is 235 g/mol. The maximum Gasteiger partial charge on any atom is 0.227 e. The van der Waals surface area contributed by atoms with Gasteiger partial charge in [-0.15, -0.1) is 12.6 Å². The molecular formula is C13H17NOS. The van der Waals surface area contributed by atoms with Crippen LogP contribution >= 0.6 is 12.6 Å². The van der Waals surface area contributed by atoms with E-state index in [9.17, 15) is 4.79 Å². The molecule has 0 radical (unpaired) electrons. The van der Waals surface area contributed by atoms with Crippen LogP contribution < -0.4 is 0 Å². The zero-order valence-electron chi connectivity index (χ0n) is 9.52. The predicted molar refractivity (Wildman–Crippen MR) is 67.8 cm³/mol. The van der Waals surface area contributed by atoms with Crippen molar-refractivity contribution < 1.29 is 4.79 Å². The molecule has 0 aromatic heterocycles. The molecule has 3 heteroatoms. The van der Waals surface area contributed by atoms with Crippen molar-refractivity contribution in [1.82, 2.24) is 4.90 Å². The van der Waals surface area contributed by atoms with E-state index in [4.69, 9.17) is 0 Å². The van der Waals surface area contributed by atoms with Gasteiger partial charge in [-0.05, 0) is 37.5 Å². The minimum absolute atomic E-state index is 0.247. The van der Waals surface area contributed by atoms with Crippen molar-refractivity contribution in [2.75, 3.05) is 6.54 Å². The summed E-state index contributed by atoms with van der Waals surface area (Å²) in [5, 5.41) is 0. The third-order valence-electron chi connectivity index (χ3n) is 2.94. The minimum atomic E-state index is 0.247. The van der Waals surface area contributed by atoms with E-state index in [2.05, 4.69) is 12.6 Å². The summed E-state index contributed by atoms with van der Waals surface area (Å²) in [5.41, 5.74) is 1.07. The zero-order chi connectivity index (χ0) is 11.5. The van der Waals surface area contributed by atoms with E-state index in [-0.39, 0.29) is 5.91 Å². The second kappa shape index (κ2) is 4.91. The van der Waals surface area contributed by atoms with Crippen LogP contribution in [0.25, 0.3) is 0 Å². The van der Waals surface area contributed by atoms with Gasteiger partial charge in [-0.3, -0.25) is 4.79 Å². The number of carbonyl (C=O) groups is 1. The van der Waals surface area contributed by atoms with Crippen LogP contribution in [0.2, 0.25) is 0 Å². The van der Waals surface area contributed by atoms with E-state index in [0.717, 1.165) is 17.0 Å². The van der Waals surface area contributed by atoms with Crippen LogP contribution in [-0.4, -0.2) is 23.4 Å². The van der Waals surface area contributed by atoms with E-state index in [1.54, 1.807) is 0 Å². The molecule has 0 spiro atoms. The molecule has 0 atom stereocenters. The van der Waals surface area contributed by atoms with Gasteiger partial charge in [0.15, 0.2) is 0 Å². The van der Waals surface area contributed by atoms with Gasteiger partial charge < -0.3 is 4.90 Å². The molecule has 1 aliphatic rings. The smallest absolute Gasteiger partial charge is 0.227 e. The second-order valence-corrected chi connectivity index (χ2v) is 4.77. The van der Waals surface area contributed by atoms with E-state index in [0.29, 0.717) is 12.5 Å². The molecule has 2 nitrogen and oxygen atoms in total. The lowest BCUT2D eigenvalue weighted by atomic mass is 10.1. The lowest BCUT2D eigenvalue weighted by molar-refractivity contribution is -0.130. The summed E-state index contributed by atoms with van der Waals surface area (Å²) in [7, 11) is 0. The Morgan fingerprint density at radius 3 is 2.50 bits per heavy atom. The van der Waals surface area contributed by atoms with Gasteiger partial charge in [0.25, 0.3) is 0 Å². The summed E-state index contributed by atoms with van der Waals surface area (Å²) in [6, 6.07) is 8.32. The average molecular weight is 235 g/mol. The Balaban J connectivity index is 1.97. The van der Waals surface area contributed by atoms with Crippen molar-refractivity contribution in [3.05, 3.63) is 29.8 Å². The predicted octanol–water partition coefficient (Wildman–Crippen LogP) is 2.53. The van der Waals surface area contributed by atoms with Gasteiger partial charge in [0.05, 0.1) is 6.42 Å². The van der Waals surface area contributed by atoms with Crippen LogP contribution in [-0.2, 0) is 11.2 Å². The summed E-state index contributed by atoms with van der Waals surface area (Å²) in [4.78, 5) is 14.9. The molecule has 0 unspecified atom stereocenters. The number of nitrogens with zero attached hydrogens (tertiary/aromatic N) is 1. The van der Waals surface area contributed by atoms with Gasteiger partial charge in [0.1, 0.15) is 0 Å². The Bertz CT molecular complexity index is 370. The van der Waals surface area contributed by atoms with Gasteiger partial charge in [-0.25, -0.2) is 0 Å². The highest BCUT2D eigenvalue weighted by molar-refractivity contribution is 7.80. The minimum Gasteiger partial charge on any atom is -0.340 e. The normalized spacial score (nSPS) is 14.9. The fraction of sp³-hybridized carbons (Fsp3) is 0.462. The van der Waals surface area contributed by atoms with Crippen molar-refractivity contribution in [2.24, 2.45) is 0 Å². The lowest BCUT2D eigenvalue weighted by Gasteiger charge is -2.20. The molecule has 0 bridgehead atoms. The Labute approximate surface area is 102 Å². The zero-order valence-corrected chi connectivity index (χ0v) is 10.4. The van der Waals surface area contributed by atoms with Crippen molar-refractivity contribution in [3.8, 4) is 0 Å². The molecule has 0 saturated heterocycles. The third-order valence-corrected chi connectivity index (χ3v) is 3.24. The summed E-state index contributed by atoms with van der Waals surface area (Å²) in [6.45, 7) is 2.88. The summed E-state index contributed by atoms with van der Waals surface area (Å²) < 4.78 is 0. The molecule has 1 aliphatic carbocycles. The van der Waals surface area contributed by atoms with Crippen molar-refractivity contribution in [3.63, 3.8) is 0 Å². The molecule has 2 rings (SSSR count). The molecule has 1 aromatic rings. The fourth-order valence-electron chi connectivity index (χ4n) is 1.91. The first-order valence-electron chi connectivity index (χ1n) is 5.78. The maximum absolute atomic E-state index is 12.0. The van der Waals surface area contributed by atoms with Crippen molar-refractivity contribution in [2.45, 2.75) is 37.1 Å². The Kier molecular flexibility index (Phi) is 3.54. The highest BCUT2D eigenvalue weighted by Gasteiger charge is 2.30. The van der Waals surface area contributed by atoms with Gasteiger partial charge in [0, 0.05) is 17.5 Å². The first kappa shape index (κ1) is 11.5. The summed E-state index contributed by atoms with van der Waals surface area (Å²) in [6.07, 6.45) is 2.86. The van der Waals surface area contributed by atoms with Crippen LogP contribution in [0.3, 0.4) is 0 Å². The van der Waals surface area contributed by atoms with Crippen LogP contribution in [0.1, 0.15) is 25.3 Å². The van der Waals surface area contributed by atoms with Crippen LogP contribution in [0, 0.1) is 0 Å². The van der Waals surface area contributed by atoms with Gasteiger partial charge >= 0.3 is 0 Å². The quantitative estimate of drug-likeness (QED) is 0.795. The molecule has 1 fully saturated rings. The number of likely N-dealkylation sites (N-methyl/N-ethyl adjacent to an activating group) is 1. The molecule has 1 saturated carbocycles. The number of hydrogen-bond donors (Lipinski definition) is 1. The van der Waals surface area contributed by atoms with Crippen molar-refractivity contribution in [1.29, 1.82) is 0 Å². The third kappa shape index (κ3) is 2.79. The molecule has 86 valence electrons. The van der Waals surface area contributed by atoms with E-state index in [1.165, 1.54) is 12.8 Å². The number of hydrogen-bond acceptors (Lipinski definition) is 2. The van der Waals surface area contributed by atoms with Crippen molar-refractivity contribution >= 4 is 18.5 Å². The standard InChI is InChI=1S/C13H17NOS/c1-2-14(11-5-6-11)13(15)9-10-3-7-12(16)8-4-10/h3-4,7-8,11,16H,2,5-6,9H2,1H3. The molecule has 0 aliphatic heterocycles. The number of thiol groups is 1. The molecule has 0 N–H and O–H groups in total. The highest BCUT2D eigenvalue weighted by atomic mass is 32.1. The summed E-state index contributed by atoms with van der Waals surface area (Å²) in [5.74, 6) is 0.247. The molecule has 0 heterocycles. The van der Waals surface area contributed by atoms with Crippen LogP contribution in [0.15, 0.2) is 29.2 Å². The number of amides is 1. The van der Waals surface area contributed by atoms with Gasteiger partial charge in [-0.1, -0.05) is 12.1 Å². The second-order valence-electron chi connectivity index (χ2n) is 4.25. The maximum atomic E-state index is 12.0. The average Bonchev–Trinajstić information content (AvgIpc) is 3.07. The SMILES string of the molecule is CCN(C(=O)Cc1ccc(S)cc1)C1CC1. The van der Waals surface area contributed by atoms with Gasteiger partial charge in [-0.2, -0.15) is 0 Å². The largest absolute Gasteiger partial charge is 0.340 e. The number of carbonyl (C=O) groups excluding carboxylic acids is 1. The molecular weight excluding hydrogens is 218 g/mol. The number of benzene rings is 1. The molecule has 1 amide bonds. The first-order chi connectivity index (χ1) is 7.70. The van der Waals surface area contributed by atoms with E-state index >= 15 is 0 Å². The topological polar surface area (TPSA) is 20.3 Å². The first-order valence-corrected chi connectivity index (χ1v) is 6.23. The fourth-order valence-corrected chi connectivity index (χ4v) is 2.06. The Hall–Kier alpha value is -0.960. The lowest BCUT2D eigenvalue weighted by Crippen LogP contribution is -2.33. The van der Waals surface area contributed by atoms with Gasteiger partial charge in [0.2, 0.25) is 5.91 Å². The number of rotatable bonds is 4. The van der Waals surface area contributed by atoms with E-state index in [1.807, 2.05) is 36.1 Å². The highest BCUT2D eigenvalue weighted by Crippen LogP contribution is 2.27. The Morgan fingerprint density at radius 1 is 1.38 bits per heavy atom. The van der Waals surface area contributed by atoms with Crippen LogP contribution in [0.4, 0.5) is 0 Å². The Morgan fingerprint density at radius 2 is 2.00 bits per heavy atom. The summed E-state index contributed by atoms with van der Waals surface area (Å²) >= 11 is 4.23. The molecule has 1 aromatic carbocycles. The van der Waals surface area contributed by atoms with E-state index < -0.39 is 0 Å². The molecule has 16 heavy (non-hydrogen) atoms. The van der Waals surface area contributed by atoms with Crippen LogP contribution in [0.5, 0.6) is 0 Å².